The van der Waals surface area contributed by atoms with Crippen LogP contribution < -0.4 is 11.1 Å². The number of amides is 1. The zero-order valence-electron chi connectivity index (χ0n) is 8.86. The van der Waals surface area contributed by atoms with Crippen molar-refractivity contribution in [1.29, 1.82) is 0 Å². The molecule has 1 amide bonds. The molecule has 1 aliphatic rings. The number of carbonyl (C=O) groups excluding carboxylic acids is 1. The topological polar surface area (TPSA) is 55.1 Å². The van der Waals surface area contributed by atoms with E-state index in [1.165, 1.54) is 11.1 Å². The Bertz CT molecular complexity index is 358. The molecule has 0 bridgehead atoms. The molecule has 0 saturated carbocycles. The first-order chi connectivity index (χ1) is 7.18. The third-order valence-electron chi connectivity index (χ3n) is 3.03. The van der Waals surface area contributed by atoms with Crippen LogP contribution in [0.2, 0.25) is 0 Å². The molecule has 1 aromatic carbocycles. The molecule has 0 unspecified atom stereocenters. The molecule has 1 aliphatic heterocycles. The molecule has 1 heterocycles. The quantitative estimate of drug-likeness (QED) is 0.753. The molecule has 3 heteroatoms. The Hall–Kier alpha value is -1.35. The lowest BCUT2D eigenvalue weighted by Crippen LogP contribution is -2.39. The second kappa shape index (κ2) is 4.03. The van der Waals surface area contributed by atoms with Crippen LogP contribution in [-0.4, -0.2) is 18.5 Å². The van der Waals surface area contributed by atoms with E-state index in [-0.39, 0.29) is 17.9 Å². The number of benzene rings is 1. The molecule has 80 valence electrons. The molecule has 0 radical (unpaired) electrons. The summed E-state index contributed by atoms with van der Waals surface area (Å²) in [7, 11) is 0. The van der Waals surface area contributed by atoms with E-state index in [4.69, 9.17) is 5.73 Å². The van der Waals surface area contributed by atoms with Gasteiger partial charge in [-0.15, -0.1) is 0 Å². The summed E-state index contributed by atoms with van der Waals surface area (Å²) in [6.07, 6.45) is 0.983. The van der Waals surface area contributed by atoms with Crippen molar-refractivity contribution in [3.05, 3.63) is 35.4 Å². The fraction of sp³-hybridized carbons (Fsp3) is 0.417. The highest BCUT2D eigenvalue weighted by atomic mass is 16.1. The highest BCUT2D eigenvalue weighted by molar-refractivity contribution is 5.81. The number of carbonyl (C=O) groups is 1. The van der Waals surface area contributed by atoms with Gasteiger partial charge in [-0.2, -0.15) is 0 Å². The molecule has 1 aromatic rings. The second-order valence-corrected chi connectivity index (χ2v) is 4.14. The van der Waals surface area contributed by atoms with Crippen LogP contribution in [0.3, 0.4) is 0 Å². The van der Waals surface area contributed by atoms with Crippen molar-refractivity contribution in [2.75, 3.05) is 6.54 Å². The largest absolute Gasteiger partial charge is 0.368 e. The minimum Gasteiger partial charge on any atom is -0.368 e. The molecule has 3 nitrogen and oxygen atoms in total. The maximum Gasteiger partial charge on any atom is 0.235 e. The first kappa shape index (κ1) is 10.2. The monoisotopic (exact) mass is 204 g/mol. The molecule has 1 fully saturated rings. The lowest BCUT2D eigenvalue weighted by atomic mass is 9.91. The van der Waals surface area contributed by atoms with E-state index < -0.39 is 0 Å². The van der Waals surface area contributed by atoms with Gasteiger partial charge in [-0.05, 0) is 25.5 Å². The van der Waals surface area contributed by atoms with E-state index in [9.17, 15) is 4.79 Å². The third-order valence-corrected chi connectivity index (χ3v) is 3.03. The van der Waals surface area contributed by atoms with Gasteiger partial charge in [-0.25, -0.2) is 0 Å². The van der Waals surface area contributed by atoms with E-state index in [0.717, 1.165) is 13.0 Å². The number of hydrogen-bond acceptors (Lipinski definition) is 2. The zero-order chi connectivity index (χ0) is 10.8. The second-order valence-electron chi connectivity index (χ2n) is 4.14. The SMILES string of the molecule is Cc1ccc([C@@H]2CCN[C@@H]2C(N)=O)cc1. The van der Waals surface area contributed by atoms with Crippen molar-refractivity contribution in [1.82, 2.24) is 5.32 Å². The standard InChI is InChI=1S/C12H16N2O/c1-8-2-4-9(5-3-8)10-6-7-14-11(10)12(13)15/h2-5,10-11,14H,6-7H2,1H3,(H2,13,15)/t10-,11-/m0/s1. The van der Waals surface area contributed by atoms with Gasteiger partial charge in [0.15, 0.2) is 0 Å². The maximum atomic E-state index is 11.2. The van der Waals surface area contributed by atoms with Crippen molar-refractivity contribution >= 4 is 5.91 Å². The number of aryl methyl sites for hydroxylation is 1. The summed E-state index contributed by atoms with van der Waals surface area (Å²) < 4.78 is 0. The van der Waals surface area contributed by atoms with Gasteiger partial charge in [0.2, 0.25) is 5.91 Å². The molecule has 1 saturated heterocycles. The Morgan fingerprint density at radius 1 is 1.40 bits per heavy atom. The molecule has 0 aromatic heterocycles. The molecule has 2 atom stereocenters. The lowest BCUT2D eigenvalue weighted by molar-refractivity contribution is -0.119. The van der Waals surface area contributed by atoms with E-state index in [2.05, 4.69) is 36.5 Å². The number of rotatable bonds is 2. The third kappa shape index (κ3) is 2.02. The van der Waals surface area contributed by atoms with Crippen molar-refractivity contribution in [2.45, 2.75) is 25.3 Å². The lowest BCUT2D eigenvalue weighted by Gasteiger charge is -2.16. The Balaban J connectivity index is 2.22. The predicted molar refractivity (Wildman–Crippen MR) is 59.5 cm³/mol. The Morgan fingerprint density at radius 2 is 2.07 bits per heavy atom. The summed E-state index contributed by atoms with van der Waals surface area (Å²) in [5, 5.41) is 3.14. The molecular formula is C12H16N2O. The summed E-state index contributed by atoms with van der Waals surface area (Å²) in [4.78, 5) is 11.2. The van der Waals surface area contributed by atoms with Crippen LogP contribution in [0.1, 0.15) is 23.5 Å². The van der Waals surface area contributed by atoms with Gasteiger partial charge >= 0.3 is 0 Å². The summed E-state index contributed by atoms with van der Waals surface area (Å²) in [6.45, 7) is 2.92. The van der Waals surface area contributed by atoms with E-state index >= 15 is 0 Å². The zero-order valence-corrected chi connectivity index (χ0v) is 8.86. The van der Waals surface area contributed by atoms with Crippen molar-refractivity contribution < 1.29 is 4.79 Å². The van der Waals surface area contributed by atoms with Crippen LogP contribution in [0, 0.1) is 6.92 Å². The summed E-state index contributed by atoms with van der Waals surface area (Å²) >= 11 is 0. The molecule has 15 heavy (non-hydrogen) atoms. The fourth-order valence-electron chi connectivity index (χ4n) is 2.17. The Kier molecular flexibility index (Phi) is 2.73. The van der Waals surface area contributed by atoms with Crippen LogP contribution in [-0.2, 0) is 4.79 Å². The van der Waals surface area contributed by atoms with Gasteiger partial charge in [0.05, 0.1) is 6.04 Å². The maximum absolute atomic E-state index is 11.2. The highest BCUT2D eigenvalue weighted by Crippen LogP contribution is 2.27. The van der Waals surface area contributed by atoms with E-state index in [1.807, 2.05) is 0 Å². The normalized spacial score (nSPS) is 25.4. The Labute approximate surface area is 89.7 Å². The summed E-state index contributed by atoms with van der Waals surface area (Å²) in [5.74, 6) is -0.0128. The van der Waals surface area contributed by atoms with E-state index in [0.29, 0.717) is 0 Å². The fourth-order valence-corrected chi connectivity index (χ4v) is 2.17. The summed E-state index contributed by atoms with van der Waals surface area (Å²) in [6, 6.07) is 8.12. The van der Waals surface area contributed by atoms with Gasteiger partial charge in [0.1, 0.15) is 0 Å². The van der Waals surface area contributed by atoms with Gasteiger partial charge in [-0.3, -0.25) is 4.79 Å². The molecular weight excluding hydrogens is 188 g/mol. The first-order valence-electron chi connectivity index (χ1n) is 5.28. The first-order valence-corrected chi connectivity index (χ1v) is 5.28. The van der Waals surface area contributed by atoms with Crippen LogP contribution in [0.4, 0.5) is 0 Å². The van der Waals surface area contributed by atoms with Gasteiger partial charge < -0.3 is 11.1 Å². The van der Waals surface area contributed by atoms with Crippen LogP contribution in [0.25, 0.3) is 0 Å². The average molecular weight is 204 g/mol. The van der Waals surface area contributed by atoms with E-state index in [1.54, 1.807) is 0 Å². The van der Waals surface area contributed by atoms with Crippen molar-refractivity contribution in [2.24, 2.45) is 5.73 Å². The van der Waals surface area contributed by atoms with Crippen molar-refractivity contribution in [3.63, 3.8) is 0 Å². The molecule has 0 aliphatic carbocycles. The van der Waals surface area contributed by atoms with Crippen LogP contribution in [0.5, 0.6) is 0 Å². The molecule has 3 N–H and O–H groups in total. The average Bonchev–Trinajstić information content (AvgIpc) is 2.67. The minimum atomic E-state index is -0.252. The van der Waals surface area contributed by atoms with Crippen LogP contribution in [0.15, 0.2) is 24.3 Å². The van der Waals surface area contributed by atoms with Crippen LogP contribution >= 0.6 is 0 Å². The molecule has 2 rings (SSSR count). The Morgan fingerprint density at radius 3 is 2.67 bits per heavy atom. The summed E-state index contributed by atoms with van der Waals surface area (Å²) in [5.41, 5.74) is 7.79. The minimum absolute atomic E-state index is 0.201. The predicted octanol–water partition coefficient (Wildman–Crippen LogP) is 0.926. The van der Waals surface area contributed by atoms with Gasteiger partial charge in [-0.1, -0.05) is 29.8 Å². The highest BCUT2D eigenvalue weighted by Gasteiger charge is 2.31. The van der Waals surface area contributed by atoms with Crippen molar-refractivity contribution in [3.8, 4) is 0 Å². The smallest absolute Gasteiger partial charge is 0.235 e. The number of nitrogens with two attached hydrogens (primary N) is 1. The van der Waals surface area contributed by atoms with Gasteiger partial charge in [0.25, 0.3) is 0 Å². The number of nitrogens with one attached hydrogen (secondary N) is 1. The van der Waals surface area contributed by atoms with Gasteiger partial charge in [0, 0.05) is 5.92 Å². The number of hydrogen-bond donors (Lipinski definition) is 2. The molecule has 0 spiro atoms. The number of primary amides is 1.